The van der Waals surface area contributed by atoms with Crippen LogP contribution < -0.4 is 10.1 Å². The quantitative estimate of drug-likeness (QED) is 0.807. The van der Waals surface area contributed by atoms with E-state index in [1.165, 1.54) is 13.1 Å². The molecular weight excluding hydrogens is 354 g/mol. The first kappa shape index (κ1) is 18.6. The highest BCUT2D eigenvalue weighted by atomic mass is 16.5. The van der Waals surface area contributed by atoms with Gasteiger partial charge in [0.1, 0.15) is 11.5 Å². The van der Waals surface area contributed by atoms with Gasteiger partial charge >= 0.3 is 0 Å². The van der Waals surface area contributed by atoms with Crippen molar-refractivity contribution in [2.45, 2.75) is 38.8 Å². The van der Waals surface area contributed by atoms with E-state index in [-0.39, 0.29) is 17.7 Å². The second kappa shape index (κ2) is 7.72. The highest BCUT2D eigenvalue weighted by Gasteiger charge is 2.40. The van der Waals surface area contributed by atoms with Crippen LogP contribution in [0.3, 0.4) is 0 Å². The zero-order chi connectivity index (χ0) is 19.7. The summed E-state index contributed by atoms with van der Waals surface area (Å²) in [5.74, 6) is 1.55. The number of benzene rings is 1. The number of hydrogen-bond acceptors (Lipinski definition) is 5. The Bertz CT molecular complexity index is 871. The van der Waals surface area contributed by atoms with E-state index in [4.69, 9.17) is 4.74 Å². The molecule has 6 nitrogen and oxygen atoms in total. The Hall–Kier alpha value is -2.73. The first-order valence-electron chi connectivity index (χ1n) is 9.80. The van der Waals surface area contributed by atoms with Crippen molar-refractivity contribution in [2.75, 3.05) is 13.1 Å². The van der Waals surface area contributed by atoms with Crippen LogP contribution in [-0.2, 0) is 0 Å². The maximum atomic E-state index is 12.7. The minimum Gasteiger partial charge on any atom is -0.456 e. The molecule has 146 valence electrons. The number of aromatic nitrogens is 1. The third-order valence-electron chi connectivity index (χ3n) is 5.95. The number of carbonyl (C=O) groups is 2. The Morgan fingerprint density at radius 2 is 1.79 bits per heavy atom. The summed E-state index contributed by atoms with van der Waals surface area (Å²) in [6.07, 6.45) is 5.39. The third kappa shape index (κ3) is 3.78. The summed E-state index contributed by atoms with van der Waals surface area (Å²) in [7, 11) is 0. The molecule has 0 aliphatic carbocycles. The topological polar surface area (TPSA) is 71.5 Å². The van der Waals surface area contributed by atoms with Gasteiger partial charge in [-0.25, -0.2) is 0 Å². The molecule has 1 aromatic heterocycles. The van der Waals surface area contributed by atoms with Crippen molar-refractivity contribution in [3.8, 4) is 11.5 Å². The van der Waals surface area contributed by atoms with Gasteiger partial charge in [-0.1, -0.05) is 0 Å². The number of amides is 1. The minimum atomic E-state index is -0.0630. The monoisotopic (exact) mass is 379 g/mol. The molecule has 5 rings (SSSR count). The van der Waals surface area contributed by atoms with Crippen molar-refractivity contribution in [2.24, 2.45) is 5.92 Å². The Kier molecular flexibility index (Phi) is 5.13. The summed E-state index contributed by atoms with van der Waals surface area (Å²) in [4.78, 5) is 30.7. The fourth-order valence-corrected chi connectivity index (χ4v) is 4.26. The standard InChI is InChI=1S/C22H25N3O3/c1-14-21(16-7-9-25(14)10-8-16)24-22(27)17-3-5-19(6-4-17)28-20-11-18(15(2)26)12-23-13-20/h3-6,11-14,16,21H,7-10H2,1-2H3,(H,24,27)/t14-,21+/m1/s1. The molecule has 0 radical (unpaired) electrons. The molecular formula is C22H25N3O3. The smallest absolute Gasteiger partial charge is 0.251 e. The zero-order valence-corrected chi connectivity index (χ0v) is 16.2. The van der Waals surface area contributed by atoms with Crippen LogP contribution in [0.25, 0.3) is 0 Å². The van der Waals surface area contributed by atoms with Gasteiger partial charge in [-0.05, 0) is 76.0 Å². The van der Waals surface area contributed by atoms with Crippen LogP contribution in [0.1, 0.15) is 47.4 Å². The van der Waals surface area contributed by atoms with Gasteiger partial charge in [0.15, 0.2) is 5.78 Å². The number of fused-ring (bicyclic) bond motifs is 3. The van der Waals surface area contributed by atoms with Crippen molar-refractivity contribution < 1.29 is 14.3 Å². The predicted octanol–water partition coefficient (Wildman–Crippen LogP) is 3.29. The van der Waals surface area contributed by atoms with Crippen molar-refractivity contribution in [3.05, 3.63) is 53.9 Å². The zero-order valence-electron chi connectivity index (χ0n) is 16.2. The molecule has 1 N–H and O–H groups in total. The Morgan fingerprint density at radius 1 is 1.07 bits per heavy atom. The molecule has 0 unspecified atom stereocenters. The molecule has 3 aliphatic rings. The first-order valence-corrected chi connectivity index (χ1v) is 9.80. The number of rotatable bonds is 5. The highest BCUT2D eigenvalue weighted by Crippen LogP contribution is 2.32. The number of nitrogens with zero attached hydrogens (tertiary/aromatic N) is 2. The third-order valence-corrected chi connectivity index (χ3v) is 5.95. The van der Waals surface area contributed by atoms with E-state index in [0.717, 1.165) is 25.9 Å². The van der Waals surface area contributed by atoms with Crippen molar-refractivity contribution in [3.63, 3.8) is 0 Å². The summed E-state index contributed by atoms with van der Waals surface area (Å²) in [6.45, 7) is 5.98. The van der Waals surface area contributed by atoms with Gasteiger partial charge in [0, 0.05) is 29.4 Å². The number of pyridine rings is 1. The number of ether oxygens (including phenoxy) is 1. The van der Waals surface area contributed by atoms with Crippen molar-refractivity contribution in [1.29, 1.82) is 0 Å². The molecule has 28 heavy (non-hydrogen) atoms. The van der Waals surface area contributed by atoms with E-state index in [0.29, 0.717) is 34.6 Å². The molecule has 3 aliphatic heterocycles. The highest BCUT2D eigenvalue weighted by molar-refractivity contribution is 5.95. The second-order valence-electron chi connectivity index (χ2n) is 7.71. The SMILES string of the molecule is CC(=O)c1cncc(Oc2ccc(C(=O)N[C@@H]3C4CCN(CC4)[C@@H]3C)cc2)c1. The summed E-state index contributed by atoms with van der Waals surface area (Å²) in [6, 6.07) is 9.30. The summed E-state index contributed by atoms with van der Waals surface area (Å²) in [5.41, 5.74) is 1.12. The van der Waals surface area contributed by atoms with Gasteiger partial charge in [0.2, 0.25) is 0 Å². The average molecular weight is 379 g/mol. The van der Waals surface area contributed by atoms with Gasteiger partial charge in [-0.3, -0.25) is 19.5 Å². The summed E-state index contributed by atoms with van der Waals surface area (Å²) < 4.78 is 5.76. The Labute approximate surface area is 164 Å². The molecule has 3 fully saturated rings. The molecule has 3 saturated heterocycles. The van der Waals surface area contributed by atoms with Crippen LogP contribution in [0.5, 0.6) is 11.5 Å². The lowest BCUT2D eigenvalue weighted by Gasteiger charge is -2.49. The lowest BCUT2D eigenvalue weighted by molar-refractivity contribution is 0.0217. The number of hydrogen-bond donors (Lipinski definition) is 1. The lowest BCUT2D eigenvalue weighted by atomic mass is 9.79. The average Bonchev–Trinajstić information content (AvgIpc) is 2.71. The van der Waals surface area contributed by atoms with E-state index in [9.17, 15) is 9.59 Å². The predicted molar refractivity (Wildman–Crippen MR) is 106 cm³/mol. The Balaban J connectivity index is 1.41. The molecule has 0 saturated carbocycles. The van der Waals surface area contributed by atoms with Gasteiger partial charge < -0.3 is 10.1 Å². The Morgan fingerprint density at radius 3 is 2.43 bits per heavy atom. The molecule has 2 atom stereocenters. The van der Waals surface area contributed by atoms with Crippen LogP contribution in [0.15, 0.2) is 42.7 Å². The summed E-state index contributed by atoms with van der Waals surface area (Å²) in [5, 5.41) is 3.24. The maximum Gasteiger partial charge on any atom is 0.251 e. The second-order valence-corrected chi connectivity index (χ2v) is 7.71. The van der Waals surface area contributed by atoms with Gasteiger partial charge in [0.05, 0.1) is 6.20 Å². The van der Waals surface area contributed by atoms with Crippen molar-refractivity contribution in [1.82, 2.24) is 15.2 Å². The molecule has 6 heteroatoms. The van der Waals surface area contributed by atoms with E-state index in [1.54, 1.807) is 36.5 Å². The fourth-order valence-electron chi connectivity index (χ4n) is 4.26. The first-order chi connectivity index (χ1) is 13.5. The maximum absolute atomic E-state index is 12.7. The van der Waals surface area contributed by atoms with Crippen LogP contribution >= 0.6 is 0 Å². The number of carbonyl (C=O) groups excluding carboxylic acids is 2. The molecule has 0 spiro atoms. The van der Waals surface area contributed by atoms with Crippen LogP contribution in [0, 0.1) is 5.92 Å². The van der Waals surface area contributed by atoms with Gasteiger partial charge in [0.25, 0.3) is 5.91 Å². The molecule has 1 aromatic carbocycles. The summed E-state index contributed by atoms with van der Waals surface area (Å²) >= 11 is 0. The van der Waals surface area contributed by atoms with E-state index in [1.807, 2.05) is 0 Å². The number of nitrogens with one attached hydrogen (secondary N) is 1. The van der Waals surface area contributed by atoms with Crippen LogP contribution in [-0.4, -0.2) is 46.7 Å². The fraction of sp³-hybridized carbons (Fsp3) is 0.409. The van der Waals surface area contributed by atoms with E-state index < -0.39 is 0 Å². The lowest BCUT2D eigenvalue weighted by Crippen LogP contribution is -2.62. The molecule has 2 aromatic rings. The minimum absolute atomic E-state index is 0.0441. The largest absolute Gasteiger partial charge is 0.456 e. The van der Waals surface area contributed by atoms with Crippen molar-refractivity contribution >= 4 is 11.7 Å². The molecule has 1 amide bonds. The molecule has 4 heterocycles. The molecule has 2 bridgehead atoms. The number of ketones is 1. The normalized spacial score (nSPS) is 25.9. The van der Waals surface area contributed by atoms with E-state index in [2.05, 4.69) is 22.1 Å². The van der Waals surface area contributed by atoms with E-state index >= 15 is 0 Å². The number of piperidine rings is 3. The van der Waals surface area contributed by atoms with Crippen LogP contribution in [0.2, 0.25) is 0 Å². The van der Waals surface area contributed by atoms with Gasteiger partial charge in [-0.2, -0.15) is 0 Å². The van der Waals surface area contributed by atoms with Gasteiger partial charge in [-0.15, -0.1) is 0 Å². The number of Topliss-reactive ketones (excluding diaryl/α,β-unsaturated/α-hetero) is 1. The van der Waals surface area contributed by atoms with Crippen LogP contribution in [0.4, 0.5) is 0 Å².